The zero-order chi connectivity index (χ0) is 18.8. The summed E-state index contributed by atoms with van der Waals surface area (Å²) in [7, 11) is 0. The summed E-state index contributed by atoms with van der Waals surface area (Å²) in [5.41, 5.74) is 2.81. The second-order valence-electron chi connectivity index (χ2n) is 6.29. The van der Waals surface area contributed by atoms with E-state index in [9.17, 15) is 9.59 Å². The fourth-order valence-corrected chi connectivity index (χ4v) is 3.33. The molecule has 0 aliphatic carbocycles. The number of benzene rings is 2. The number of H-pyrrole nitrogens is 1. The highest BCUT2D eigenvalue weighted by Gasteiger charge is 2.20. The van der Waals surface area contributed by atoms with E-state index in [4.69, 9.17) is 4.74 Å². The second-order valence-corrected chi connectivity index (χ2v) is 6.29. The molecule has 27 heavy (non-hydrogen) atoms. The summed E-state index contributed by atoms with van der Waals surface area (Å²) in [5.74, 6) is -0.603. The number of carbonyl (C=O) groups is 1. The molecule has 0 saturated carbocycles. The topological polar surface area (TPSA) is 72.0 Å². The summed E-state index contributed by atoms with van der Waals surface area (Å²) in [6, 6.07) is 17.3. The third-order valence-electron chi connectivity index (χ3n) is 4.54. The van der Waals surface area contributed by atoms with Gasteiger partial charge in [0.25, 0.3) is 5.56 Å². The Labute approximate surface area is 155 Å². The van der Waals surface area contributed by atoms with Crippen LogP contribution in [-0.4, -0.2) is 22.5 Å². The molecule has 0 radical (unpaired) electrons. The van der Waals surface area contributed by atoms with Gasteiger partial charge in [-0.3, -0.25) is 9.78 Å². The Balaban J connectivity index is 1.91. The lowest BCUT2D eigenvalue weighted by Crippen LogP contribution is -2.23. The maximum absolute atomic E-state index is 12.6. The maximum atomic E-state index is 12.6. The molecule has 0 spiro atoms. The number of aromatic amines is 1. The molecular weight excluding hydrogens is 340 g/mol. The first-order chi connectivity index (χ1) is 13.2. The molecule has 4 rings (SSSR count). The van der Waals surface area contributed by atoms with Crippen molar-refractivity contribution in [1.82, 2.24) is 9.97 Å². The number of pyridine rings is 2. The molecule has 1 N–H and O–H groups in total. The first kappa shape index (κ1) is 17.0. The molecule has 0 amide bonds. The van der Waals surface area contributed by atoms with Gasteiger partial charge in [-0.05, 0) is 36.2 Å². The number of nitrogens with one attached hydrogen (secondary N) is 1. The summed E-state index contributed by atoms with van der Waals surface area (Å²) in [6.45, 7) is 1.93. The molecule has 0 bridgehead atoms. The van der Waals surface area contributed by atoms with E-state index >= 15 is 0 Å². The lowest BCUT2D eigenvalue weighted by Gasteiger charge is -2.12. The minimum atomic E-state index is -0.603. The van der Waals surface area contributed by atoms with Gasteiger partial charge in [0, 0.05) is 28.9 Å². The summed E-state index contributed by atoms with van der Waals surface area (Å²) in [6.07, 6.45) is 2.20. The second kappa shape index (κ2) is 7.03. The number of para-hydroxylation sites is 2. The van der Waals surface area contributed by atoms with E-state index in [1.807, 2.05) is 54.6 Å². The van der Waals surface area contributed by atoms with Crippen LogP contribution >= 0.6 is 0 Å². The van der Waals surface area contributed by atoms with Gasteiger partial charge in [-0.15, -0.1) is 0 Å². The molecule has 0 atom stereocenters. The minimum Gasteiger partial charge on any atom is -0.462 e. The van der Waals surface area contributed by atoms with Crippen molar-refractivity contribution in [2.24, 2.45) is 0 Å². The van der Waals surface area contributed by atoms with Gasteiger partial charge in [0.05, 0.1) is 12.1 Å². The fourth-order valence-electron chi connectivity index (χ4n) is 3.33. The van der Waals surface area contributed by atoms with E-state index in [1.54, 1.807) is 13.1 Å². The number of aromatic nitrogens is 2. The molecule has 0 fully saturated rings. The summed E-state index contributed by atoms with van der Waals surface area (Å²) < 4.78 is 5.13. The fraction of sp³-hybridized carbons (Fsp3) is 0.136. The Bertz CT molecular complexity index is 1210. The first-order valence-corrected chi connectivity index (χ1v) is 8.82. The molecule has 2 aromatic carbocycles. The van der Waals surface area contributed by atoms with E-state index in [0.717, 1.165) is 21.9 Å². The number of nitrogens with zero attached hydrogens (tertiary/aromatic N) is 1. The molecule has 0 aliphatic rings. The molecule has 5 nitrogen and oxygen atoms in total. The van der Waals surface area contributed by atoms with Crippen LogP contribution in [0.2, 0.25) is 0 Å². The van der Waals surface area contributed by atoms with Gasteiger partial charge in [0.2, 0.25) is 0 Å². The van der Waals surface area contributed by atoms with Crippen LogP contribution in [0.3, 0.4) is 0 Å². The molecule has 0 saturated heterocycles. The Hall–Kier alpha value is -3.47. The Morgan fingerprint density at radius 3 is 2.74 bits per heavy atom. The third kappa shape index (κ3) is 3.19. The van der Waals surface area contributed by atoms with Crippen LogP contribution in [0.1, 0.15) is 28.4 Å². The van der Waals surface area contributed by atoms with E-state index in [-0.39, 0.29) is 12.2 Å². The summed E-state index contributed by atoms with van der Waals surface area (Å²) >= 11 is 0. The zero-order valence-corrected chi connectivity index (χ0v) is 14.9. The van der Waals surface area contributed by atoms with Gasteiger partial charge in [-0.1, -0.05) is 36.4 Å². The highest BCUT2D eigenvalue weighted by Crippen LogP contribution is 2.23. The molecule has 134 valence electrons. The van der Waals surface area contributed by atoms with Crippen LogP contribution in [0.4, 0.5) is 0 Å². The maximum Gasteiger partial charge on any atom is 0.344 e. The molecule has 5 heteroatoms. The monoisotopic (exact) mass is 358 g/mol. The van der Waals surface area contributed by atoms with Gasteiger partial charge >= 0.3 is 5.97 Å². The van der Waals surface area contributed by atoms with Crippen LogP contribution in [0.5, 0.6) is 0 Å². The first-order valence-electron chi connectivity index (χ1n) is 8.82. The van der Waals surface area contributed by atoms with E-state index in [1.165, 1.54) is 0 Å². The summed E-state index contributed by atoms with van der Waals surface area (Å²) in [5, 5.41) is 1.84. The van der Waals surface area contributed by atoms with Gasteiger partial charge in [-0.2, -0.15) is 0 Å². The predicted molar refractivity (Wildman–Crippen MR) is 105 cm³/mol. The van der Waals surface area contributed by atoms with E-state index in [2.05, 4.69) is 9.97 Å². The molecule has 0 aliphatic heterocycles. The lowest BCUT2D eigenvalue weighted by molar-refractivity contribution is 0.0523. The van der Waals surface area contributed by atoms with E-state index in [0.29, 0.717) is 17.5 Å². The molecular formula is C22H18N2O3. The molecule has 4 aromatic rings. The number of hydrogen-bond donors (Lipinski definition) is 1. The average molecular weight is 358 g/mol. The number of fused-ring (bicyclic) bond motifs is 2. The molecule has 2 heterocycles. The zero-order valence-electron chi connectivity index (χ0n) is 14.9. The number of ether oxygens (including phenoxy) is 1. The van der Waals surface area contributed by atoms with Crippen LogP contribution < -0.4 is 5.56 Å². The largest absolute Gasteiger partial charge is 0.462 e. The van der Waals surface area contributed by atoms with Crippen molar-refractivity contribution < 1.29 is 9.53 Å². The SMILES string of the molecule is CCOC(=O)c1c(Cc2cnc3ccccc3c2)c2ccccc2[nH]c1=O. The Morgan fingerprint density at radius 1 is 1.11 bits per heavy atom. The van der Waals surface area contributed by atoms with Crippen LogP contribution in [0.25, 0.3) is 21.8 Å². The molecule has 2 aromatic heterocycles. The van der Waals surface area contributed by atoms with Gasteiger partial charge < -0.3 is 9.72 Å². The normalized spacial score (nSPS) is 11.0. The van der Waals surface area contributed by atoms with Crippen molar-refractivity contribution in [1.29, 1.82) is 0 Å². The predicted octanol–water partition coefficient (Wildman–Crippen LogP) is 3.84. The number of hydrogen-bond acceptors (Lipinski definition) is 4. The van der Waals surface area contributed by atoms with Crippen molar-refractivity contribution in [2.75, 3.05) is 6.61 Å². The van der Waals surface area contributed by atoms with Gasteiger partial charge in [0.15, 0.2) is 0 Å². The quantitative estimate of drug-likeness (QED) is 0.563. The van der Waals surface area contributed by atoms with Crippen molar-refractivity contribution in [2.45, 2.75) is 13.3 Å². The number of carbonyl (C=O) groups excluding carboxylic acids is 1. The lowest BCUT2D eigenvalue weighted by atomic mass is 9.96. The van der Waals surface area contributed by atoms with Crippen molar-refractivity contribution in [3.8, 4) is 0 Å². The van der Waals surface area contributed by atoms with Crippen LogP contribution in [-0.2, 0) is 11.2 Å². The van der Waals surface area contributed by atoms with Crippen LogP contribution in [0.15, 0.2) is 65.6 Å². The van der Waals surface area contributed by atoms with Gasteiger partial charge in [0.1, 0.15) is 5.56 Å². The van der Waals surface area contributed by atoms with Crippen molar-refractivity contribution in [3.63, 3.8) is 0 Å². The third-order valence-corrected chi connectivity index (χ3v) is 4.54. The van der Waals surface area contributed by atoms with Crippen LogP contribution in [0, 0.1) is 0 Å². The number of rotatable bonds is 4. The summed E-state index contributed by atoms with van der Waals surface area (Å²) in [4.78, 5) is 32.3. The van der Waals surface area contributed by atoms with Crippen molar-refractivity contribution in [3.05, 3.63) is 87.8 Å². The smallest absolute Gasteiger partial charge is 0.344 e. The highest BCUT2D eigenvalue weighted by molar-refractivity contribution is 5.97. The van der Waals surface area contributed by atoms with E-state index < -0.39 is 11.5 Å². The van der Waals surface area contributed by atoms with Gasteiger partial charge in [-0.25, -0.2) is 4.79 Å². The number of esters is 1. The molecule has 0 unspecified atom stereocenters. The minimum absolute atomic E-state index is 0.0590. The Kier molecular flexibility index (Phi) is 4.42. The highest BCUT2D eigenvalue weighted by atomic mass is 16.5. The van der Waals surface area contributed by atoms with Crippen molar-refractivity contribution >= 4 is 27.8 Å². The standard InChI is InChI=1S/C22H18N2O3/c1-2-27-22(26)20-17(16-8-4-6-10-19(16)24-21(20)25)12-14-11-15-7-3-5-9-18(15)23-13-14/h3-11,13H,2,12H2,1H3,(H,24,25). The Morgan fingerprint density at radius 2 is 1.89 bits per heavy atom. The average Bonchev–Trinajstić information content (AvgIpc) is 2.68.